The van der Waals surface area contributed by atoms with Gasteiger partial charge in [-0.05, 0) is 48.2 Å². The Labute approximate surface area is 224 Å². The Morgan fingerprint density at radius 3 is 2.39 bits per heavy atom. The van der Waals surface area contributed by atoms with Crippen LogP contribution in [-0.2, 0) is 17.9 Å². The van der Waals surface area contributed by atoms with E-state index in [1.807, 2.05) is 30.3 Å². The third kappa shape index (κ3) is 6.39. The molecule has 0 aromatic heterocycles. The molecule has 0 bridgehead atoms. The fraction of sp³-hybridized carbons (Fsp3) is 0.400. The Kier molecular flexibility index (Phi) is 9.47. The number of methoxy groups -OCH3 is 3. The fourth-order valence-corrected chi connectivity index (χ4v) is 5.07. The van der Waals surface area contributed by atoms with Crippen LogP contribution in [0, 0.1) is 0 Å². The number of hydrogen-bond acceptors (Lipinski definition) is 8. The first-order valence-electron chi connectivity index (χ1n) is 12.8. The largest absolute Gasteiger partial charge is 0.508 e. The Morgan fingerprint density at radius 2 is 1.71 bits per heavy atom. The van der Waals surface area contributed by atoms with E-state index in [0.29, 0.717) is 48.0 Å². The molecule has 3 atom stereocenters. The Bertz CT molecular complexity index is 1190. The molecule has 3 aromatic carbocycles. The topological polar surface area (TPSA) is 101 Å². The number of hydrogen-bond donors (Lipinski definition) is 3. The molecule has 38 heavy (non-hydrogen) atoms. The van der Waals surface area contributed by atoms with Crippen molar-refractivity contribution < 1.29 is 34.3 Å². The molecule has 8 nitrogen and oxygen atoms in total. The van der Waals surface area contributed by atoms with Gasteiger partial charge in [0.1, 0.15) is 5.75 Å². The van der Waals surface area contributed by atoms with Crippen molar-refractivity contribution in [1.82, 2.24) is 4.90 Å². The van der Waals surface area contributed by atoms with Crippen molar-refractivity contribution in [3.8, 4) is 23.0 Å². The van der Waals surface area contributed by atoms with Crippen LogP contribution >= 0.6 is 0 Å². The molecule has 8 heteroatoms. The van der Waals surface area contributed by atoms with Crippen LogP contribution in [0.4, 0.5) is 0 Å². The zero-order valence-electron chi connectivity index (χ0n) is 22.2. The minimum absolute atomic E-state index is 0.0144. The van der Waals surface area contributed by atoms with E-state index in [1.165, 1.54) is 6.07 Å². The molecule has 0 amide bonds. The normalized spacial score (nSPS) is 17.9. The molecule has 1 saturated heterocycles. The molecule has 0 spiro atoms. The molecule has 1 aliphatic heterocycles. The van der Waals surface area contributed by atoms with Crippen LogP contribution < -0.4 is 14.2 Å². The van der Waals surface area contributed by atoms with Crippen molar-refractivity contribution in [3.05, 3.63) is 82.9 Å². The minimum atomic E-state index is -0.798. The number of benzene rings is 3. The van der Waals surface area contributed by atoms with Gasteiger partial charge in [-0.15, -0.1) is 0 Å². The fourth-order valence-electron chi connectivity index (χ4n) is 5.07. The number of rotatable bonds is 12. The van der Waals surface area contributed by atoms with Gasteiger partial charge >= 0.3 is 0 Å². The van der Waals surface area contributed by atoms with E-state index in [1.54, 1.807) is 33.5 Å². The molecule has 1 heterocycles. The van der Waals surface area contributed by atoms with Crippen molar-refractivity contribution in [2.75, 3.05) is 34.4 Å². The van der Waals surface area contributed by atoms with Crippen LogP contribution in [0.25, 0.3) is 0 Å². The van der Waals surface area contributed by atoms with Crippen LogP contribution in [0.2, 0.25) is 0 Å². The summed E-state index contributed by atoms with van der Waals surface area (Å²) in [5.74, 6) is 1.77. The van der Waals surface area contributed by atoms with Crippen LogP contribution in [0.3, 0.4) is 0 Å². The quantitative estimate of drug-likeness (QED) is 0.322. The third-order valence-corrected chi connectivity index (χ3v) is 6.99. The predicted molar refractivity (Wildman–Crippen MR) is 144 cm³/mol. The lowest BCUT2D eigenvalue weighted by Gasteiger charge is -2.28. The summed E-state index contributed by atoms with van der Waals surface area (Å²) >= 11 is 0. The lowest BCUT2D eigenvalue weighted by Crippen LogP contribution is -2.35. The van der Waals surface area contributed by atoms with Crippen LogP contribution in [0.5, 0.6) is 23.0 Å². The van der Waals surface area contributed by atoms with Gasteiger partial charge in [0.25, 0.3) is 0 Å². The van der Waals surface area contributed by atoms with Crippen molar-refractivity contribution >= 4 is 0 Å². The first-order valence-corrected chi connectivity index (χ1v) is 12.8. The second-order valence-electron chi connectivity index (χ2n) is 9.49. The highest BCUT2D eigenvalue weighted by Crippen LogP contribution is 2.46. The summed E-state index contributed by atoms with van der Waals surface area (Å²) in [5, 5.41) is 30.5. The maximum absolute atomic E-state index is 11.1. The molecule has 1 fully saturated rings. The van der Waals surface area contributed by atoms with E-state index in [9.17, 15) is 15.3 Å². The van der Waals surface area contributed by atoms with Crippen LogP contribution in [0.15, 0.2) is 60.7 Å². The third-order valence-electron chi connectivity index (χ3n) is 6.99. The summed E-state index contributed by atoms with van der Waals surface area (Å²) in [6.45, 7) is 1.35. The van der Waals surface area contributed by atoms with Gasteiger partial charge in [-0.2, -0.15) is 0 Å². The summed E-state index contributed by atoms with van der Waals surface area (Å²) < 4.78 is 23.2. The molecule has 3 unspecified atom stereocenters. The monoisotopic (exact) mass is 523 g/mol. The Hall–Kier alpha value is -3.30. The van der Waals surface area contributed by atoms with E-state index in [-0.39, 0.29) is 24.6 Å². The van der Waals surface area contributed by atoms with Gasteiger partial charge < -0.3 is 34.3 Å². The van der Waals surface area contributed by atoms with Gasteiger partial charge in [0.05, 0.1) is 46.2 Å². The maximum Gasteiger partial charge on any atom is 0.203 e. The molecule has 3 N–H and O–H groups in total. The van der Waals surface area contributed by atoms with Crippen LogP contribution in [-0.4, -0.2) is 60.7 Å². The lowest BCUT2D eigenvalue weighted by molar-refractivity contribution is 0.00877. The van der Waals surface area contributed by atoms with Crippen molar-refractivity contribution in [1.29, 1.82) is 0 Å². The number of aliphatic hydroxyl groups excluding tert-OH is 2. The summed E-state index contributed by atoms with van der Waals surface area (Å²) in [6.07, 6.45) is 0.699. The highest BCUT2D eigenvalue weighted by molar-refractivity contribution is 5.56. The number of ether oxygens (including phenoxy) is 4. The van der Waals surface area contributed by atoms with Gasteiger partial charge in [0.15, 0.2) is 11.5 Å². The lowest BCUT2D eigenvalue weighted by atomic mass is 10.0. The van der Waals surface area contributed by atoms with Gasteiger partial charge in [-0.3, -0.25) is 4.90 Å². The SMILES string of the molecule is COc1ccc(C2CCC(CN(Cc3ccccc3)CC(O)c3ccc(O)c(CO)c3)O2)c(OC)c1OC. The molecular weight excluding hydrogens is 486 g/mol. The standard InChI is InChI=1S/C30H37NO7/c1-35-28-14-11-24(29(36-2)30(28)37-3)27-13-10-23(38-27)17-31(16-20-7-5-4-6-8-20)18-26(34)21-9-12-25(33)22(15-21)19-32/h4-9,11-12,14-15,23,26-27,32-34H,10,13,16-19H2,1-3H3. The Balaban J connectivity index is 1.50. The molecule has 0 radical (unpaired) electrons. The van der Waals surface area contributed by atoms with E-state index in [2.05, 4.69) is 17.0 Å². The highest BCUT2D eigenvalue weighted by atomic mass is 16.5. The molecule has 4 rings (SSSR count). The summed E-state index contributed by atoms with van der Waals surface area (Å²) in [5.41, 5.74) is 3.09. The van der Waals surface area contributed by atoms with E-state index >= 15 is 0 Å². The van der Waals surface area contributed by atoms with Crippen LogP contribution in [0.1, 0.15) is 47.3 Å². The van der Waals surface area contributed by atoms with Crippen molar-refractivity contribution in [3.63, 3.8) is 0 Å². The van der Waals surface area contributed by atoms with Crippen molar-refractivity contribution in [2.45, 2.75) is 44.3 Å². The van der Waals surface area contributed by atoms with E-state index < -0.39 is 6.10 Å². The van der Waals surface area contributed by atoms with Gasteiger partial charge in [0, 0.05) is 30.8 Å². The summed E-state index contributed by atoms with van der Waals surface area (Å²) in [4.78, 5) is 2.18. The van der Waals surface area contributed by atoms with Gasteiger partial charge in [-0.1, -0.05) is 36.4 Å². The van der Waals surface area contributed by atoms with Gasteiger partial charge in [0.2, 0.25) is 5.75 Å². The van der Waals surface area contributed by atoms with Gasteiger partial charge in [-0.25, -0.2) is 0 Å². The highest BCUT2D eigenvalue weighted by Gasteiger charge is 2.32. The molecule has 0 saturated carbocycles. The molecule has 0 aliphatic carbocycles. The van der Waals surface area contributed by atoms with E-state index in [0.717, 1.165) is 24.0 Å². The first-order chi connectivity index (χ1) is 18.5. The average Bonchev–Trinajstić information content (AvgIpc) is 3.40. The average molecular weight is 524 g/mol. The molecule has 1 aliphatic rings. The van der Waals surface area contributed by atoms with Crippen molar-refractivity contribution in [2.24, 2.45) is 0 Å². The molecular formula is C30H37NO7. The van der Waals surface area contributed by atoms with E-state index in [4.69, 9.17) is 18.9 Å². The predicted octanol–water partition coefficient (Wildman–Crippen LogP) is 4.37. The summed E-state index contributed by atoms with van der Waals surface area (Å²) in [6, 6.07) is 18.8. The first kappa shape index (κ1) is 27.7. The molecule has 204 valence electrons. The number of aromatic hydroxyl groups is 1. The number of aliphatic hydroxyl groups is 2. The zero-order valence-corrected chi connectivity index (χ0v) is 22.2. The second kappa shape index (κ2) is 13.0. The second-order valence-corrected chi connectivity index (χ2v) is 9.49. The number of phenols is 1. The maximum atomic E-state index is 11.1. The Morgan fingerprint density at radius 1 is 0.947 bits per heavy atom. The smallest absolute Gasteiger partial charge is 0.203 e. The zero-order chi connectivity index (χ0) is 27.1. The number of nitrogens with zero attached hydrogens (tertiary/aromatic N) is 1. The molecule has 3 aromatic rings. The minimum Gasteiger partial charge on any atom is -0.508 e. The summed E-state index contributed by atoms with van der Waals surface area (Å²) in [7, 11) is 4.80.